The molecule has 2 rings (SSSR count). The number of hydrogen-bond donors (Lipinski definition) is 1. The quantitative estimate of drug-likeness (QED) is 0.636. The third-order valence-electron chi connectivity index (χ3n) is 2.70. The number of anilines is 1. The number of hydrogen-bond acceptors (Lipinski definition) is 5. The van der Waals surface area contributed by atoms with E-state index in [4.69, 9.17) is 0 Å². The molecule has 0 aromatic carbocycles. The molecule has 0 radical (unpaired) electrons. The molecule has 2 unspecified atom stereocenters. The maximum atomic E-state index is 10.5. The number of nitrogens with zero attached hydrogens (tertiary/aromatic N) is 2. The van der Waals surface area contributed by atoms with E-state index in [0.29, 0.717) is 11.2 Å². The lowest BCUT2D eigenvalue weighted by atomic mass is 10.1. The van der Waals surface area contributed by atoms with Crippen LogP contribution >= 0.6 is 11.3 Å². The number of aromatic nitrogens is 1. The number of nitro groups is 1. The van der Waals surface area contributed by atoms with Gasteiger partial charge in [0.2, 0.25) is 0 Å². The van der Waals surface area contributed by atoms with Crippen LogP contribution in [0.15, 0.2) is 6.20 Å². The molecule has 0 spiro atoms. The average Bonchev–Trinajstić information content (AvgIpc) is 2.76. The first-order valence-corrected chi connectivity index (χ1v) is 5.83. The molecule has 1 aliphatic carbocycles. The van der Waals surface area contributed by atoms with Crippen molar-refractivity contribution >= 4 is 21.5 Å². The molecule has 5 nitrogen and oxygen atoms in total. The molecule has 6 heteroatoms. The van der Waals surface area contributed by atoms with Crippen molar-refractivity contribution in [3.63, 3.8) is 0 Å². The van der Waals surface area contributed by atoms with Crippen LogP contribution in [0.3, 0.4) is 0 Å². The van der Waals surface area contributed by atoms with Crippen molar-refractivity contribution in [2.24, 2.45) is 5.92 Å². The molecule has 1 aromatic rings. The van der Waals surface area contributed by atoms with E-state index in [-0.39, 0.29) is 5.00 Å². The Balaban J connectivity index is 1.96. The molecule has 0 amide bonds. The summed E-state index contributed by atoms with van der Waals surface area (Å²) in [6, 6.07) is 0.436. The third kappa shape index (κ3) is 2.44. The van der Waals surface area contributed by atoms with Crippen molar-refractivity contribution in [1.29, 1.82) is 0 Å². The van der Waals surface area contributed by atoms with Crippen molar-refractivity contribution in [3.8, 4) is 0 Å². The summed E-state index contributed by atoms with van der Waals surface area (Å²) in [7, 11) is 0. The Morgan fingerprint density at radius 1 is 1.67 bits per heavy atom. The average molecular weight is 227 g/mol. The van der Waals surface area contributed by atoms with Crippen LogP contribution in [-0.4, -0.2) is 15.9 Å². The van der Waals surface area contributed by atoms with E-state index in [0.717, 1.165) is 30.1 Å². The van der Waals surface area contributed by atoms with Gasteiger partial charge in [-0.2, -0.15) is 0 Å². The Labute approximate surface area is 91.7 Å². The fraction of sp³-hybridized carbons (Fsp3) is 0.667. The van der Waals surface area contributed by atoms with Crippen LogP contribution in [0, 0.1) is 16.0 Å². The topological polar surface area (TPSA) is 68.1 Å². The van der Waals surface area contributed by atoms with Crippen LogP contribution in [0.5, 0.6) is 0 Å². The number of rotatable bonds is 3. The zero-order chi connectivity index (χ0) is 10.8. The molecule has 1 aliphatic rings. The summed E-state index contributed by atoms with van der Waals surface area (Å²) < 4.78 is 0. The number of nitrogens with one attached hydrogen (secondary N) is 1. The first-order valence-electron chi connectivity index (χ1n) is 5.02. The van der Waals surface area contributed by atoms with Gasteiger partial charge in [0.1, 0.15) is 6.20 Å². The van der Waals surface area contributed by atoms with Gasteiger partial charge in [0, 0.05) is 6.04 Å². The minimum atomic E-state index is -0.403. The molecular formula is C9H13N3O2S. The first-order chi connectivity index (χ1) is 7.15. The lowest BCUT2D eigenvalue weighted by Crippen LogP contribution is -2.14. The summed E-state index contributed by atoms with van der Waals surface area (Å²) in [5, 5.41) is 14.5. The van der Waals surface area contributed by atoms with Gasteiger partial charge in [0.05, 0.1) is 4.92 Å². The van der Waals surface area contributed by atoms with Crippen LogP contribution in [0.25, 0.3) is 0 Å². The highest BCUT2D eigenvalue weighted by molar-refractivity contribution is 7.18. The molecule has 0 bridgehead atoms. The molecule has 1 saturated carbocycles. The second-order valence-electron chi connectivity index (χ2n) is 4.02. The molecule has 1 fully saturated rings. The van der Waals surface area contributed by atoms with E-state index in [1.54, 1.807) is 0 Å². The lowest BCUT2D eigenvalue weighted by molar-refractivity contribution is -0.380. The minimum Gasteiger partial charge on any atom is -0.359 e. The zero-order valence-corrected chi connectivity index (χ0v) is 9.29. The van der Waals surface area contributed by atoms with E-state index < -0.39 is 4.92 Å². The Bertz CT molecular complexity index is 366. The maximum Gasteiger partial charge on any atom is 0.345 e. The lowest BCUT2D eigenvalue weighted by Gasteiger charge is -2.09. The van der Waals surface area contributed by atoms with Crippen molar-refractivity contribution in [1.82, 2.24) is 4.98 Å². The summed E-state index contributed by atoms with van der Waals surface area (Å²) in [4.78, 5) is 14.0. The van der Waals surface area contributed by atoms with Crippen LogP contribution in [-0.2, 0) is 0 Å². The second-order valence-corrected chi connectivity index (χ2v) is 5.03. The highest BCUT2D eigenvalue weighted by atomic mass is 32.1. The second kappa shape index (κ2) is 4.14. The Morgan fingerprint density at radius 3 is 3.00 bits per heavy atom. The van der Waals surface area contributed by atoms with E-state index in [2.05, 4.69) is 17.2 Å². The summed E-state index contributed by atoms with van der Waals surface area (Å²) in [6.45, 7) is 2.23. The molecule has 82 valence electrons. The first kappa shape index (κ1) is 10.4. The largest absolute Gasteiger partial charge is 0.359 e. The molecule has 1 aromatic heterocycles. The zero-order valence-electron chi connectivity index (χ0n) is 8.47. The van der Waals surface area contributed by atoms with Crippen LogP contribution in [0.2, 0.25) is 0 Å². The highest BCUT2D eigenvalue weighted by Crippen LogP contribution is 2.30. The van der Waals surface area contributed by atoms with Gasteiger partial charge in [0.25, 0.3) is 0 Å². The fourth-order valence-electron chi connectivity index (χ4n) is 1.93. The predicted molar refractivity (Wildman–Crippen MR) is 59.2 cm³/mol. The van der Waals surface area contributed by atoms with Crippen molar-refractivity contribution in [3.05, 3.63) is 16.3 Å². The van der Waals surface area contributed by atoms with E-state index in [9.17, 15) is 10.1 Å². The third-order valence-corrected chi connectivity index (χ3v) is 3.58. The van der Waals surface area contributed by atoms with Crippen molar-refractivity contribution in [2.75, 3.05) is 5.32 Å². The van der Waals surface area contributed by atoms with Gasteiger partial charge in [-0.3, -0.25) is 10.1 Å². The van der Waals surface area contributed by atoms with Gasteiger partial charge in [-0.1, -0.05) is 6.92 Å². The van der Waals surface area contributed by atoms with Crippen LogP contribution in [0.1, 0.15) is 26.2 Å². The molecule has 0 saturated heterocycles. The molecule has 1 N–H and O–H groups in total. The SMILES string of the molecule is CC1CCC(Nc2ncc([N+](=O)[O-])s2)C1. The Hall–Kier alpha value is -1.17. The number of thiazole rings is 1. The molecule has 0 aliphatic heterocycles. The van der Waals surface area contributed by atoms with Gasteiger partial charge in [-0.15, -0.1) is 0 Å². The van der Waals surface area contributed by atoms with Crippen molar-refractivity contribution < 1.29 is 4.92 Å². The maximum absolute atomic E-state index is 10.5. The van der Waals surface area contributed by atoms with Gasteiger partial charge in [-0.05, 0) is 36.5 Å². The van der Waals surface area contributed by atoms with Crippen molar-refractivity contribution in [2.45, 2.75) is 32.2 Å². The molecular weight excluding hydrogens is 214 g/mol. The molecule has 15 heavy (non-hydrogen) atoms. The highest BCUT2D eigenvalue weighted by Gasteiger charge is 2.22. The van der Waals surface area contributed by atoms with Gasteiger partial charge < -0.3 is 5.32 Å². The van der Waals surface area contributed by atoms with Crippen LogP contribution in [0.4, 0.5) is 10.1 Å². The Morgan fingerprint density at radius 2 is 2.47 bits per heavy atom. The normalized spacial score (nSPS) is 25.4. The standard InChI is InChI=1S/C9H13N3O2S/c1-6-2-3-7(4-6)11-9-10-5-8(15-9)12(13)14/h5-7H,2-4H2,1H3,(H,10,11). The van der Waals surface area contributed by atoms with Gasteiger partial charge in [-0.25, -0.2) is 4.98 Å². The van der Waals surface area contributed by atoms with E-state index in [1.165, 1.54) is 12.6 Å². The predicted octanol–water partition coefficient (Wildman–Crippen LogP) is 2.65. The van der Waals surface area contributed by atoms with Crippen LogP contribution < -0.4 is 5.32 Å². The minimum absolute atomic E-state index is 0.101. The van der Waals surface area contributed by atoms with E-state index >= 15 is 0 Å². The summed E-state index contributed by atoms with van der Waals surface area (Å²) >= 11 is 1.11. The summed E-state index contributed by atoms with van der Waals surface area (Å²) in [6.07, 6.45) is 4.80. The van der Waals surface area contributed by atoms with Gasteiger partial charge in [0.15, 0.2) is 5.13 Å². The Kier molecular flexibility index (Phi) is 2.86. The van der Waals surface area contributed by atoms with Gasteiger partial charge >= 0.3 is 5.00 Å². The summed E-state index contributed by atoms with van der Waals surface area (Å²) in [5.41, 5.74) is 0. The summed E-state index contributed by atoms with van der Waals surface area (Å²) in [5.74, 6) is 0.748. The smallest absolute Gasteiger partial charge is 0.345 e. The molecule has 2 atom stereocenters. The monoisotopic (exact) mass is 227 g/mol. The fourth-order valence-corrected chi connectivity index (χ4v) is 2.64. The molecule has 1 heterocycles. The van der Waals surface area contributed by atoms with E-state index in [1.807, 2.05) is 0 Å².